The zero-order valence-corrected chi connectivity index (χ0v) is 13.4. The van der Waals surface area contributed by atoms with Crippen LogP contribution in [0, 0.1) is 0 Å². The molecule has 0 spiro atoms. The Hall–Kier alpha value is -0.720. The highest BCUT2D eigenvalue weighted by atomic mass is 79.9. The third kappa shape index (κ3) is 3.18. The van der Waals surface area contributed by atoms with Crippen molar-refractivity contribution in [2.45, 2.75) is 12.5 Å². The van der Waals surface area contributed by atoms with Crippen LogP contribution in [0.4, 0.5) is 0 Å². The van der Waals surface area contributed by atoms with Crippen molar-refractivity contribution < 1.29 is 0 Å². The molecule has 1 unspecified atom stereocenters. The minimum Gasteiger partial charge on any atom is -0.311 e. The average Bonchev–Trinajstić information content (AvgIpc) is 2.72. The van der Waals surface area contributed by atoms with Crippen LogP contribution in [-0.4, -0.2) is 21.8 Å². The molecule has 96 valence electrons. The molecular formula is C12H14Br2N4. The molecule has 2 aromatic rings. The van der Waals surface area contributed by atoms with E-state index in [0.29, 0.717) is 0 Å². The van der Waals surface area contributed by atoms with E-state index in [4.69, 9.17) is 0 Å². The summed E-state index contributed by atoms with van der Waals surface area (Å²) in [6.07, 6.45) is 6.58. The van der Waals surface area contributed by atoms with Gasteiger partial charge in [-0.25, -0.2) is 0 Å². The number of nitrogens with one attached hydrogen (secondary N) is 1. The van der Waals surface area contributed by atoms with Crippen LogP contribution in [-0.2, 0) is 13.5 Å². The minimum atomic E-state index is 0.164. The van der Waals surface area contributed by atoms with Crippen molar-refractivity contribution in [2.24, 2.45) is 7.05 Å². The lowest BCUT2D eigenvalue weighted by molar-refractivity contribution is 0.572. The largest absolute Gasteiger partial charge is 0.311 e. The molecule has 0 saturated carbocycles. The van der Waals surface area contributed by atoms with E-state index >= 15 is 0 Å². The normalized spacial score (nSPS) is 12.7. The molecular weight excluding hydrogens is 360 g/mol. The van der Waals surface area contributed by atoms with E-state index < -0.39 is 0 Å². The molecule has 0 aliphatic heterocycles. The van der Waals surface area contributed by atoms with Gasteiger partial charge in [-0.1, -0.05) is 0 Å². The lowest BCUT2D eigenvalue weighted by Crippen LogP contribution is -2.20. The average molecular weight is 374 g/mol. The van der Waals surface area contributed by atoms with Crippen LogP contribution in [0.3, 0.4) is 0 Å². The molecule has 0 aliphatic carbocycles. The molecule has 4 nitrogen and oxygen atoms in total. The molecule has 0 fully saturated rings. The Balaban J connectivity index is 2.22. The van der Waals surface area contributed by atoms with Crippen molar-refractivity contribution >= 4 is 31.9 Å². The van der Waals surface area contributed by atoms with E-state index in [1.54, 1.807) is 0 Å². The standard InChI is InChI=1S/C12H14Br2N4/c1-15-11(3-8-5-17-18(2)7-8)12-10(14)4-9(13)6-16-12/h4-7,11,15H,3H2,1-2H3. The van der Waals surface area contributed by atoms with Crippen LogP contribution in [0.2, 0.25) is 0 Å². The first-order valence-electron chi connectivity index (χ1n) is 5.56. The van der Waals surface area contributed by atoms with Gasteiger partial charge in [0.15, 0.2) is 0 Å². The number of aromatic nitrogens is 3. The van der Waals surface area contributed by atoms with Gasteiger partial charge in [-0.05, 0) is 57.0 Å². The number of aryl methyl sites for hydroxylation is 1. The van der Waals surface area contributed by atoms with Gasteiger partial charge in [0.2, 0.25) is 0 Å². The van der Waals surface area contributed by atoms with Crippen LogP contribution in [0.25, 0.3) is 0 Å². The Bertz CT molecular complexity index is 539. The zero-order valence-electron chi connectivity index (χ0n) is 10.2. The molecule has 0 bridgehead atoms. The Morgan fingerprint density at radius 3 is 2.72 bits per heavy atom. The molecule has 0 saturated heterocycles. The number of pyridine rings is 1. The van der Waals surface area contributed by atoms with Gasteiger partial charge in [0.05, 0.1) is 17.9 Å². The van der Waals surface area contributed by atoms with Gasteiger partial charge in [-0.2, -0.15) is 5.10 Å². The smallest absolute Gasteiger partial charge is 0.0719 e. The lowest BCUT2D eigenvalue weighted by Gasteiger charge is -2.16. The third-order valence-corrected chi connectivity index (χ3v) is 3.78. The summed E-state index contributed by atoms with van der Waals surface area (Å²) in [4.78, 5) is 4.47. The summed E-state index contributed by atoms with van der Waals surface area (Å²) >= 11 is 6.97. The van der Waals surface area contributed by atoms with E-state index in [-0.39, 0.29) is 6.04 Å². The van der Waals surface area contributed by atoms with E-state index in [0.717, 1.165) is 21.1 Å². The van der Waals surface area contributed by atoms with Crippen molar-refractivity contribution in [3.8, 4) is 0 Å². The number of hydrogen-bond acceptors (Lipinski definition) is 3. The monoisotopic (exact) mass is 372 g/mol. The molecule has 0 aliphatic rings. The topological polar surface area (TPSA) is 42.7 Å². The minimum absolute atomic E-state index is 0.164. The van der Waals surface area contributed by atoms with Crippen LogP contribution >= 0.6 is 31.9 Å². The Morgan fingerprint density at radius 2 is 2.17 bits per heavy atom. The quantitative estimate of drug-likeness (QED) is 0.895. The second-order valence-electron chi connectivity index (χ2n) is 4.09. The van der Waals surface area contributed by atoms with Crippen molar-refractivity contribution in [3.05, 3.63) is 44.9 Å². The van der Waals surface area contributed by atoms with Crippen LogP contribution in [0.5, 0.6) is 0 Å². The Kier molecular flexibility index (Phi) is 4.53. The fourth-order valence-electron chi connectivity index (χ4n) is 1.83. The predicted octanol–water partition coefficient (Wildman–Crippen LogP) is 2.84. The summed E-state index contributed by atoms with van der Waals surface area (Å²) in [5.41, 5.74) is 2.19. The van der Waals surface area contributed by atoms with Crippen molar-refractivity contribution in [3.63, 3.8) is 0 Å². The zero-order chi connectivity index (χ0) is 13.1. The van der Waals surface area contributed by atoms with Gasteiger partial charge in [0.1, 0.15) is 0 Å². The number of hydrogen-bond donors (Lipinski definition) is 1. The molecule has 2 aromatic heterocycles. The molecule has 0 amide bonds. The number of likely N-dealkylation sites (N-methyl/N-ethyl adjacent to an activating group) is 1. The maximum absolute atomic E-state index is 4.47. The van der Waals surface area contributed by atoms with Crippen LogP contribution in [0.1, 0.15) is 17.3 Å². The van der Waals surface area contributed by atoms with Crippen LogP contribution in [0.15, 0.2) is 33.6 Å². The van der Waals surface area contributed by atoms with Gasteiger partial charge in [0, 0.05) is 28.4 Å². The molecule has 2 rings (SSSR count). The molecule has 1 N–H and O–H groups in total. The van der Waals surface area contributed by atoms with Gasteiger partial charge >= 0.3 is 0 Å². The van der Waals surface area contributed by atoms with E-state index in [2.05, 4.69) is 47.3 Å². The third-order valence-electron chi connectivity index (χ3n) is 2.71. The van der Waals surface area contributed by atoms with Gasteiger partial charge in [0.25, 0.3) is 0 Å². The van der Waals surface area contributed by atoms with Crippen molar-refractivity contribution in [2.75, 3.05) is 7.05 Å². The molecule has 6 heteroatoms. The first kappa shape index (κ1) is 13.7. The maximum atomic E-state index is 4.47. The molecule has 0 radical (unpaired) electrons. The highest BCUT2D eigenvalue weighted by molar-refractivity contribution is 9.11. The fourth-order valence-corrected chi connectivity index (χ4v) is 3.09. The number of halogens is 2. The summed E-state index contributed by atoms with van der Waals surface area (Å²) in [5.74, 6) is 0. The molecule has 1 atom stereocenters. The van der Waals surface area contributed by atoms with E-state index in [1.807, 2.05) is 43.4 Å². The SMILES string of the molecule is CNC(Cc1cnn(C)c1)c1ncc(Br)cc1Br. The summed E-state index contributed by atoms with van der Waals surface area (Å²) < 4.78 is 3.78. The summed E-state index contributed by atoms with van der Waals surface area (Å²) in [7, 11) is 3.86. The van der Waals surface area contributed by atoms with E-state index in [9.17, 15) is 0 Å². The summed E-state index contributed by atoms with van der Waals surface area (Å²) in [5, 5.41) is 7.47. The second-order valence-corrected chi connectivity index (χ2v) is 5.86. The van der Waals surface area contributed by atoms with Gasteiger partial charge in [-0.3, -0.25) is 9.67 Å². The molecule has 18 heavy (non-hydrogen) atoms. The van der Waals surface area contributed by atoms with E-state index in [1.165, 1.54) is 5.56 Å². The maximum Gasteiger partial charge on any atom is 0.0719 e. The summed E-state index contributed by atoms with van der Waals surface area (Å²) in [6.45, 7) is 0. The molecule has 2 heterocycles. The van der Waals surface area contributed by atoms with Crippen molar-refractivity contribution in [1.82, 2.24) is 20.1 Å². The number of rotatable bonds is 4. The highest BCUT2D eigenvalue weighted by Crippen LogP contribution is 2.26. The van der Waals surface area contributed by atoms with Crippen molar-refractivity contribution in [1.29, 1.82) is 0 Å². The fraction of sp³-hybridized carbons (Fsp3) is 0.333. The first-order chi connectivity index (χ1) is 8.60. The summed E-state index contributed by atoms with van der Waals surface area (Å²) in [6, 6.07) is 2.17. The predicted molar refractivity (Wildman–Crippen MR) is 78.3 cm³/mol. The van der Waals surface area contributed by atoms with Gasteiger partial charge < -0.3 is 5.32 Å². The van der Waals surface area contributed by atoms with Crippen LogP contribution < -0.4 is 5.32 Å². The Labute approximate surface area is 123 Å². The number of nitrogens with zero attached hydrogens (tertiary/aromatic N) is 3. The van der Waals surface area contributed by atoms with Gasteiger partial charge in [-0.15, -0.1) is 0 Å². The molecule has 0 aromatic carbocycles. The first-order valence-corrected chi connectivity index (χ1v) is 7.14. The lowest BCUT2D eigenvalue weighted by atomic mass is 10.1. The Morgan fingerprint density at radius 1 is 1.39 bits per heavy atom. The second kappa shape index (κ2) is 5.95. The highest BCUT2D eigenvalue weighted by Gasteiger charge is 2.15.